The smallest absolute Gasteiger partial charge is 0.389 e. The third kappa shape index (κ3) is 10.6. The highest BCUT2D eigenvalue weighted by Gasteiger charge is 2.30. The van der Waals surface area contributed by atoms with Gasteiger partial charge in [0.2, 0.25) is 5.91 Å². The Balaban J connectivity index is 4.47. The average molecular weight is 313 g/mol. The summed E-state index contributed by atoms with van der Waals surface area (Å²) < 4.78 is 40.7. The molecular weight excluding hydrogens is 295 g/mol. The van der Waals surface area contributed by atoms with Crippen molar-refractivity contribution < 1.29 is 37.4 Å². The first-order chi connectivity index (χ1) is 9.30. The fourth-order valence-corrected chi connectivity index (χ4v) is 1.27. The van der Waals surface area contributed by atoms with Crippen molar-refractivity contribution in [2.75, 3.05) is 0 Å². The summed E-state index contributed by atoms with van der Waals surface area (Å²) in [4.78, 5) is 33.6. The fraction of sp³-hybridized carbons (Fsp3) is 0.750. The van der Waals surface area contributed by atoms with E-state index in [4.69, 9.17) is 9.84 Å². The highest BCUT2D eigenvalue weighted by molar-refractivity contribution is 5.87. The maximum Gasteiger partial charge on any atom is 0.389 e. The minimum Gasteiger partial charge on any atom is -0.480 e. The number of alkyl halides is 3. The van der Waals surface area contributed by atoms with Gasteiger partial charge in [-0.1, -0.05) is 0 Å². The van der Waals surface area contributed by atoms with Crippen molar-refractivity contribution in [2.45, 2.75) is 57.9 Å². The Morgan fingerprint density at radius 1 is 1.19 bits per heavy atom. The van der Waals surface area contributed by atoms with Gasteiger partial charge in [0.15, 0.2) is 0 Å². The third-order valence-corrected chi connectivity index (χ3v) is 2.06. The highest BCUT2D eigenvalue weighted by Crippen LogP contribution is 2.21. The van der Waals surface area contributed by atoms with Crippen LogP contribution in [0.15, 0.2) is 0 Å². The van der Waals surface area contributed by atoms with Gasteiger partial charge in [0.05, 0.1) is 12.8 Å². The Labute approximate surface area is 119 Å². The molecule has 21 heavy (non-hydrogen) atoms. The molecule has 0 radical (unpaired) electrons. The van der Waals surface area contributed by atoms with Gasteiger partial charge in [-0.2, -0.15) is 13.2 Å². The van der Waals surface area contributed by atoms with Gasteiger partial charge in [-0.15, -0.1) is 0 Å². The fourth-order valence-electron chi connectivity index (χ4n) is 1.27. The van der Waals surface area contributed by atoms with Crippen LogP contribution in [-0.2, 0) is 19.1 Å². The Morgan fingerprint density at radius 2 is 1.71 bits per heavy atom. The molecule has 0 saturated carbocycles. The van der Waals surface area contributed by atoms with Gasteiger partial charge in [0.1, 0.15) is 11.6 Å². The van der Waals surface area contributed by atoms with Crippen LogP contribution < -0.4 is 5.32 Å². The van der Waals surface area contributed by atoms with Crippen LogP contribution in [0.4, 0.5) is 13.2 Å². The van der Waals surface area contributed by atoms with E-state index in [1.807, 2.05) is 5.32 Å². The van der Waals surface area contributed by atoms with Crippen LogP contribution in [0.2, 0.25) is 0 Å². The summed E-state index contributed by atoms with van der Waals surface area (Å²) in [6.07, 6.45) is -7.44. The van der Waals surface area contributed by atoms with E-state index in [9.17, 15) is 27.6 Å². The summed E-state index contributed by atoms with van der Waals surface area (Å²) in [5, 5.41) is 10.7. The number of hydrogen-bond donors (Lipinski definition) is 2. The molecule has 6 nitrogen and oxygen atoms in total. The topological polar surface area (TPSA) is 92.7 Å². The predicted octanol–water partition coefficient (Wildman–Crippen LogP) is 1.63. The summed E-state index contributed by atoms with van der Waals surface area (Å²) in [5.74, 6) is -3.49. The van der Waals surface area contributed by atoms with Crippen molar-refractivity contribution in [1.29, 1.82) is 0 Å². The number of carbonyl (C=O) groups is 3. The van der Waals surface area contributed by atoms with Gasteiger partial charge in [0.25, 0.3) is 0 Å². The minimum absolute atomic E-state index is 0.662. The second-order valence-corrected chi connectivity index (χ2v) is 5.36. The SMILES string of the molecule is CC(C)(C)OC(=O)C[C@H](NC(=O)CCC(F)(F)F)C(=O)O. The predicted molar refractivity (Wildman–Crippen MR) is 65.3 cm³/mol. The van der Waals surface area contributed by atoms with Crippen LogP contribution in [0.3, 0.4) is 0 Å². The maximum atomic E-state index is 11.9. The summed E-state index contributed by atoms with van der Waals surface area (Å²) in [7, 11) is 0. The molecule has 122 valence electrons. The number of carboxylic acids is 1. The molecule has 0 aliphatic heterocycles. The van der Waals surface area contributed by atoms with Crippen molar-refractivity contribution in [3.8, 4) is 0 Å². The van der Waals surface area contributed by atoms with Gasteiger partial charge >= 0.3 is 18.1 Å². The van der Waals surface area contributed by atoms with E-state index in [-0.39, 0.29) is 0 Å². The second-order valence-electron chi connectivity index (χ2n) is 5.36. The number of carbonyl (C=O) groups excluding carboxylic acids is 2. The normalized spacial score (nSPS) is 13.4. The number of nitrogens with one attached hydrogen (secondary N) is 1. The Bertz CT molecular complexity index is 401. The molecule has 0 spiro atoms. The molecule has 0 aliphatic rings. The monoisotopic (exact) mass is 313 g/mol. The van der Waals surface area contributed by atoms with E-state index in [0.29, 0.717) is 0 Å². The zero-order valence-electron chi connectivity index (χ0n) is 11.9. The summed E-state index contributed by atoms with van der Waals surface area (Å²) in [5.41, 5.74) is -0.833. The first-order valence-corrected chi connectivity index (χ1v) is 6.11. The largest absolute Gasteiger partial charge is 0.480 e. The lowest BCUT2D eigenvalue weighted by molar-refractivity contribution is -0.159. The van der Waals surface area contributed by atoms with Gasteiger partial charge in [-0.05, 0) is 20.8 Å². The molecule has 0 aliphatic carbocycles. The lowest BCUT2D eigenvalue weighted by Crippen LogP contribution is -2.43. The van der Waals surface area contributed by atoms with Crippen LogP contribution in [0.1, 0.15) is 40.0 Å². The van der Waals surface area contributed by atoms with Gasteiger partial charge in [-0.3, -0.25) is 9.59 Å². The quantitative estimate of drug-likeness (QED) is 0.727. The number of amides is 1. The first kappa shape index (κ1) is 19.2. The lowest BCUT2D eigenvalue weighted by Gasteiger charge is -2.21. The van der Waals surface area contributed by atoms with Crippen molar-refractivity contribution in [1.82, 2.24) is 5.32 Å². The number of aliphatic carboxylic acids is 1. The van der Waals surface area contributed by atoms with Crippen molar-refractivity contribution in [2.24, 2.45) is 0 Å². The zero-order chi connectivity index (χ0) is 16.8. The number of ether oxygens (including phenoxy) is 1. The molecule has 0 fully saturated rings. The van der Waals surface area contributed by atoms with Crippen LogP contribution in [-0.4, -0.2) is 40.8 Å². The van der Waals surface area contributed by atoms with Crippen molar-refractivity contribution >= 4 is 17.8 Å². The van der Waals surface area contributed by atoms with Gasteiger partial charge < -0.3 is 15.2 Å². The van der Waals surface area contributed by atoms with Crippen LogP contribution >= 0.6 is 0 Å². The number of hydrogen-bond acceptors (Lipinski definition) is 4. The molecule has 1 amide bonds. The highest BCUT2D eigenvalue weighted by atomic mass is 19.4. The Morgan fingerprint density at radius 3 is 2.10 bits per heavy atom. The van der Waals surface area contributed by atoms with E-state index in [1.165, 1.54) is 0 Å². The third-order valence-electron chi connectivity index (χ3n) is 2.06. The van der Waals surface area contributed by atoms with Crippen molar-refractivity contribution in [3.05, 3.63) is 0 Å². The molecule has 2 N–H and O–H groups in total. The van der Waals surface area contributed by atoms with E-state index < -0.39 is 54.9 Å². The molecule has 0 saturated heterocycles. The number of carboxylic acid groups (broad SMARTS) is 1. The van der Waals surface area contributed by atoms with E-state index >= 15 is 0 Å². The standard InChI is InChI=1S/C12H18F3NO5/c1-11(2,3)21-9(18)6-7(10(19)20)16-8(17)4-5-12(13,14)15/h7H,4-6H2,1-3H3,(H,16,17)(H,19,20)/t7-/m0/s1. The van der Waals surface area contributed by atoms with Crippen molar-refractivity contribution in [3.63, 3.8) is 0 Å². The summed E-state index contributed by atoms with van der Waals surface area (Å²) in [6, 6.07) is -1.62. The van der Waals surface area contributed by atoms with E-state index in [1.54, 1.807) is 20.8 Å². The average Bonchev–Trinajstić information content (AvgIpc) is 2.21. The molecule has 9 heteroatoms. The minimum atomic E-state index is -4.51. The molecule has 0 heterocycles. The van der Waals surface area contributed by atoms with Gasteiger partial charge in [-0.25, -0.2) is 4.79 Å². The number of halogens is 3. The first-order valence-electron chi connectivity index (χ1n) is 6.11. The summed E-state index contributed by atoms with van der Waals surface area (Å²) >= 11 is 0. The van der Waals surface area contributed by atoms with E-state index in [0.717, 1.165) is 0 Å². The molecule has 0 aromatic heterocycles. The van der Waals surface area contributed by atoms with Gasteiger partial charge in [0, 0.05) is 6.42 Å². The number of esters is 1. The molecular formula is C12H18F3NO5. The lowest BCUT2D eigenvalue weighted by atomic mass is 10.1. The second kappa shape index (κ2) is 7.28. The van der Waals surface area contributed by atoms with Crippen LogP contribution in [0.5, 0.6) is 0 Å². The molecule has 1 atom stereocenters. The molecule has 0 bridgehead atoms. The van der Waals surface area contributed by atoms with Crippen LogP contribution in [0, 0.1) is 0 Å². The zero-order valence-corrected chi connectivity index (χ0v) is 11.9. The molecule has 0 aromatic carbocycles. The Hall–Kier alpha value is -1.80. The molecule has 0 rings (SSSR count). The molecule has 0 unspecified atom stereocenters. The van der Waals surface area contributed by atoms with E-state index in [2.05, 4.69) is 0 Å². The number of rotatable bonds is 6. The van der Waals surface area contributed by atoms with Crippen LogP contribution in [0.25, 0.3) is 0 Å². The molecule has 0 aromatic rings. The maximum absolute atomic E-state index is 11.9. The Kier molecular flexibility index (Phi) is 6.65. The summed E-state index contributed by atoms with van der Waals surface area (Å²) in [6.45, 7) is 4.72.